The van der Waals surface area contributed by atoms with Gasteiger partial charge >= 0.3 is 6.15 Å². The van der Waals surface area contributed by atoms with E-state index in [4.69, 9.17) is 37.8 Å². The van der Waals surface area contributed by atoms with Crippen molar-refractivity contribution < 1.29 is 14.7 Å². The maximum Gasteiger partial charge on any atom is 0.373 e. The number of carbonyl (C=O) groups excluding carboxylic acids is 2. The molecule has 0 bridgehead atoms. The molecule has 37 heavy (non-hydrogen) atoms. The second-order valence-corrected chi connectivity index (χ2v) is 11.5. The summed E-state index contributed by atoms with van der Waals surface area (Å²) in [6.45, 7) is 8.83. The summed E-state index contributed by atoms with van der Waals surface area (Å²) in [6, 6.07) is 6.23. The topological polar surface area (TPSA) is 98.7 Å². The summed E-state index contributed by atoms with van der Waals surface area (Å²) in [5.74, 6) is 3.78. The number of piperidine rings is 1. The first kappa shape index (κ1) is 27.8. The number of nitrogens with one attached hydrogen (secondary N) is 1. The van der Waals surface area contributed by atoms with E-state index in [1.807, 2.05) is 19.1 Å². The van der Waals surface area contributed by atoms with Gasteiger partial charge in [0.1, 0.15) is 5.82 Å². The third kappa shape index (κ3) is 6.62. The van der Waals surface area contributed by atoms with E-state index in [9.17, 15) is 5.11 Å². The van der Waals surface area contributed by atoms with Gasteiger partial charge in [0.05, 0.1) is 12.6 Å². The fourth-order valence-electron chi connectivity index (χ4n) is 5.81. The maximum atomic E-state index is 9.84. The number of halogens is 2. The van der Waals surface area contributed by atoms with Gasteiger partial charge in [0, 0.05) is 47.5 Å². The molecular weight excluding hydrogens is 513 g/mol. The zero-order valence-electron chi connectivity index (χ0n) is 21.4. The molecule has 0 spiro atoms. The van der Waals surface area contributed by atoms with Crippen molar-refractivity contribution in [3.8, 4) is 0 Å². The molecule has 1 aliphatic carbocycles. The molecule has 3 heterocycles. The van der Waals surface area contributed by atoms with Crippen molar-refractivity contribution in [2.75, 3.05) is 36.4 Å². The molecule has 0 amide bonds. The molecule has 3 fully saturated rings. The standard InChI is InChI=1S/C26H35Cl2N5O.CO2/c1-16-8-22(9-16)32-7-3-4-18(12-32)20-13-33(14-20)26-29-11-19(15-34)25(31-26)30-17(2)23-6-5-21(27)10-24(23)28;2-1-3/h5-6,10-11,16-18,20,22,34H,3-4,7-9,12-15H2,1-2H3,(H,29,30,31);/t16?,17-,18+,22?;/m1./s1. The summed E-state index contributed by atoms with van der Waals surface area (Å²) in [5.41, 5.74) is 1.61. The smallest absolute Gasteiger partial charge is 0.373 e. The molecule has 10 heteroatoms. The second-order valence-electron chi connectivity index (χ2n) is 10.6. The maximum absolute atomic E-state index is 9.84. The normalized spacial score (nSPS) is 24.7. The van der Waals surface area contributed by atoms with E-state index in [-0.39, 0.29) is 18.8 Å². The van der Waals surface area contributed by atoms with Crippen LogP contribution in [0.3, 0.4) is 0 Å². The molecule has 0 unspecified atom stereocenters. The molecule has 2 aromatic rings. The van der Waals surface area contributed by atoms with Gasteiger partial charge in [-0.1, -0.05) is 36.2 Å². The summed E-state index contributed by atoms with van der Waals surface area (Å²) in [4.78, 5) is 30.6. The van der Waals surface area contributed by atoms with Gasteiger partial charge in [-0.3, -0.25) is 0 Å². The lowest BCUT2D eigenvalue weighted by atomic mass is 9.76. The molecule has 3 aliphatic rings. The van der Waals surface area contributed by atoms with Crippen molar-refractivity contribution in [3.05, 3.63) is 45.6 Å². The highest BCUT2D eigenvalue weighted by Gasteiger charge is 2.40. The van der Waals surface area contributed by atoms with Crippen LogP contribution in [-0.4, -0.2) is 58.3 Å². The van der Waals surface area contributed by atoms with E-state index in [2.05, 4.69) is 27.0 Å². The Morgan fingerprint density at radius 3 is 2.57 bits per heavy atom. The molecule has 2 N–H and O–H groups in total. The van der Waals surface area contributed by atoms with Crippen LogP contribution in [0.1, 0.15) is 56.7 Å². The first-order valence-electron chi connectivity index (χ1n) is 13.0. The molecule has 0 radical (unpaired) electrons. The lowest BCUT2D eigenvalue weighted by Crippen LogP contribution is -2.56. The van der Waals surface area contributed by atoms with Crippen molar-refractivity contribution in [1.29, 1.82) is 0 Å². The molecular formula is C27H35Cl2N5O3. The molecule has 1 aromatic carbocycles. The largest absolute Gasteiger partial charge is 0.391 e. The minimum atomic E-state index is -0.121. The Balaban J connectivity index is 0.00000102. The van der Waals surface area contributed by atoms with Crippen LogP contribution in [0.2, 0.25) is 10.0 Å². The molecule has 1 aromatic heterocycles. The van der Waals surface area contributed by atoms with Crippen LogP contribution < -0.4 is 10.2 Å². The quantitative estimate of drug-likeness (QED) is 0.509. The van der Waals surface area contributed by atoms with E-state index in [1.54, 1.807) is 12.3 Å². The van der Waals surface area contributed by atoms with Crippen molar-refractivity contribution in [2.24, 2.45) is 17.8 Å². The van der Waals surface area contributed by atoms with Crippen molar-refractivity contribution >= 4 is 41.1 Å². The Labute approximate surface area is 228 Å². The fourth-order valence-corrected chi connectivity index (χ4v) is 6.39. The molecule has 5 rings (SSSR count). The minimum Gasteiger partial charge on any atom is -0.391 e. The number of nitrogens with zero attached hydrogens (tertiary/aromatic N) is 4. The summed E-state index contributed by atoms with van der Waals surface area (Å²) in [6.07, 6.45) is 7.41. The van der Waals surface area contributed by atoms with E-state index >= 15 is 0 Å². The fraction of sp³-hybridized carbons (Fsp3) is 0.593. The van der Waals surface area contributed by atoms with Gasteiger partial charge in [-0.25, -0.2) is 4.98 Å². The van der Waals surface area contributed by atoms with E-state index in [0.29, 0.717) is 27.3 Å². The number of rotatable bonds is 7. The van der Waals surface area contributed by atoms with Crippen LogP contribution in [0, 0.1) is 17.8 Å². The SMILES string of the molecule is CC1CC(N2CCC[C@H](C3CN(c4ncc(CO)c(N[C@H](C)c5ccc(Cl)cc5Cl)n4)C3)C2)C1.O=C=O. The number of likely N-dealkylation sites (tertiary alicyclic amines) is 1. The molecule has 2 aliphatic heterocycles. The number of aliphatic hydroxyl groups is 1. The molecule has 2 atom stereocenters. The van der Waals surface area contributed by atoms with E-state index in [1.165, 1.54) is 38.8 Å². The van der Waals surface area contributed by atoms with Gasteiger partial charge in [0.25, 0.3) is 0 Å². The highest BCUT2D eigenvalue weighted by molar-refractivity contribution is 6.35. The molecule has 1 saturated carbocycles. The number of aliphatic hydroxyl groups excluding tert-OH is 1. The average Bonchev–Trinajstić information content (AvgIpc) is 2.82. The summed E-state index contributed by atoms with van der Waals surface area (Å²) < 4.78 is 0. The van der Waals surface area contributed by atoms with Crippen LogP contribution in [0.25, 0.3) is 0 Å². The van der Waals surface area contributed by atoms with Crippen LogP contribution in [-0.2, 0) is 16.2 Å². The number of anilines is 2. The molecule has 2 saturated heterocycles. The zero-order chi connectivity index (χ0) is 26.5. The number of aromatic nitrogens is 2. The van der Waals surface area contributed by atoms with E-state index in [0.717, 1.165) is 42.5 Å². The second kappa shape index (κ2) is 12.5. The lowest BCUT2D eigenvalue weighted by molar-refractivity contribution is -0.191. The van der Waals surface area contributed by atoms with Gasteiger partial charge in [-0.05, 0) is 74.6 Å². The van der Waals surface area contributed by atoms with Gasteiger partial charge in [0.2, 0.25) is 5.95 Å². The Morgan fingerprint density at radius 2 is 1.92 bits per heavy atom. The van der Waals surface area contributed by atoms with Crippen molar-refractivity contribution in [3.63, 3.8) is 0 Å². The highest BCUT2D eigenvalue weighted by Crippen LogP contribution is 2.38. The van der Waals surface area contributed by atoms with Gasteiger partial charge in [0.15, 0.2) is 0 Å². The van der Waals surface area contributed by atoms with Crippen LogP contribution >= 0.6 is 23.2 Å². The Kier molecular flexibility index (Phi) is 9.43. The third-order valence-electron chi connectivity index (χ3n) is 8.02. The lowest BCUT2D eigenvalue weighted by Gasteiger charge is -2.50. The first-order chi connectivity index (χ1) is 17.8. The minimum absolute atomic E-state index is 0.0931. The summed E-state index contributed by atoms with van der Waals surface area (Å²) in [7, 11) is 0. The first-order valence-corrected chi connectivity index (χ1v) is 13.7. The zero-order valence-corrected chi connectivity index (χ0v) is 22.9. The Morgan fingerprint density at radius 1 is 1.19 bits per heavy atom. The predicted octanol–water partition coefficient (Wildman–Crippen LogP) is 4.81. The van der Waals surface area contributed by atoms with Crippen LogP contribution in [0.5, 0.6) is 0 Å². The van der Waals surface area contributed by atoms with Crippen LogP contribution in [0.15, 0.2) is 24.4 Å². The predicted molar refractivity (Wildman–Crippen MR) is 144 cm³/mol. The summed E-state index contributed by atoms with van der Waals surface area (Å²) >= 11 is 12.4. The highest BCUT2D eigenvalue weighted by atomic mass is 35.5. The monoisotopic (exact) mass is 547 g/mol. The average molecular weight is 549 g/mol. The number of hydrogen-bond acceptors (Lipinski definition) is 8. The molecule has 200 valence electrons. The number of benzene rings is 1. The third-order valence-corrected chi connectivity index (χ3v) is 8.58. The molecule has 8 nitrogen and oxygen atoms in total. The van der Waals surface area contributed by atoms with Gasteiger partial charge in [-0.15, -0.1) is 0 Å². The Hall–Kier alpha value is -2.22. The number of hydrogen-bond donors (Lipinski definition) is 2. The van der Waals surface area contributed by atoms with E-state index < -0.39 is 0 Å². The van der Waals surface area contributed by atoms with Crippen molar-refractivity contribution in [2.45, 2.75) is 58.2 Å². The van der Waals surface area contributed by atoms with Gasteiger partial charge < -0.3 is 20.2 Å². The van der Waals surface area contributed by atoms with Crippen LogP contribution in [0.4, 0.5) is 11.8 Å². The van der Waals surface area contributed by atoms with Crippen molar-refractivity contribution in [1.82, 2.24) is 14.9 Å². The summed E-state index contributed by atoms with van der Waals surface area (Å²) in [5, 5.41) is 14.5. The Bertz CT molecular complexity index is 1100. The van der Waals surface area contributed by atoms with Gasteiger partial charge in [-0.2, -0.15) is 14.6 Å².